The fraction of sp³-hybridized carbons (Fsp3) is 0. The highest BCUT2D eigenvalue weighted by Crippen LogP contribution is 2.34. The Bertz CT molecular complexity index is 344. The zero-order valence-corrected chi connectivity index (χ0v) is 7.96. The van der Waals surface area contributed by atoms with E-state index in [0.717, 1.165) is 0 Å². The van der Waals surface area contributed by atoms with Crippen LogP contribution in [0.25, 0.3) is 0 Å². The molecule has 5 nitrogen and oxygen atoms in total. The van der Waals surface area contributed by atoms with Crippen LogP contribution in [0.5, 0.6) is 0 Å². The quantitative estimate of drug-likeness (QED) is 0.612. The van der Waals surface area contributed by atoms with Crippen molar-refractivity contribution in [2.24, 2.45) is 0 Å². The van der Waals surface area contributed by atoms with E-state index in [-0.39, 0.29) is 21.0 Å². The van der Waals surface area contributed by atoms with Crippen molar-refractivity contribution >= 4 is 39.0 Å². The predicted molar refractivity (Wildman–Crippen MR) is 48.0 cm³/mol. The van der Waals surface area contributed by atoms with Crippen molar-refractivity contribution in [1.82, 2.24) is 4.98 Å². The SMILES string of the molecule is Nc1ncc(Cl)c(Br)c1[N+](=O)[O-]. The van der Waals surface area contributed by atoms with E-state index in [2.05, 4.69) is 20.9 Å². The first-order valence-corrected chi connectivity index (χ1v) is 3.95. The molecule has 0 aliphatic rings. The summed E-state index contributed by atoms with van der Waals surface area (Å²) in [5.74, 6) is -0.156. The molecule has 0 spiro atoms. The average Bonchev–Trinajstić information content (AvgIpc) is 1.97. The topological polar surface area (TPSA) is 82.0 Å². The van der Waals surface area contributed by atoms with Crippen molar-refractivity contribution < 1.29 is 4.92 Å². The zero-order valence-electron chi connectivity index (χ0n) is 5.62. The molecule has 0 amide bonds. The largest absolute Gasteiger partial charge is 0.378 e. The number of nitrogen functional groups attached to an aromatic ring is 1. The molecular formula is C5H3BrClN3O2. The first kappa shape index (κ1) is 9.21. The lowest BCUT2D eigenvalue weighted by Crippen LogP contribution is -1.99. The molecule has 0 fully saturated rings. The molecule has 7 heteroatoms. The number of nitrogens with two attached hydrogens (primary N) is 1. The molecule has 1 heterocycles. The molecule has 0 saturated carbocycles. The summed E-state index contributed by atoms with van der Waals surface area (Å²) >= 11 is 8.50. The Morgan fingerprint density at radius 3 is 2.75 bits per heavy atom. The van der Waals surface area contributed by atoms with Crippen LogP contribution in [0.3, 0.4) is 0 Å². The Morgan fingerprint density at radius 2 is 2.33 bits per heavy atom. The van der Waals surface area contributed by atoms with Gasteiger partial charge < -0.3 is 5.73 Å². The Balaban J connectivity index is 3.43. The fourth-order valence-electron chi connectivity index (χ4n) is 0.643. The van der Waals surface area contributed by atoms with Gasteiger partial charge in [-0.3, -0.25) is 10.1 Å². The fourth-order valence-corrected chi connectivity index (χ4v) is 1.23. The number of hydrogen-bond donors (Lipinski definition) is 1. The molecule has 0 unspecified atom stereocenters. The van der Waals surface area contributed by atoms with Gasteiger partial charge in [-0.2, -0.15) is 0 Å². The minimum atomic E-state index is -0.641. The number of nitro groups is 1. The van der Waals surface area contributed by atoms with Crippen LogP contribution in [0.2, 0.25) is 5.02 Å². The van der Waals surface area contributed by atoms with E-state index >= 15 is 0 Å². The molecule has 0 aliphatic carbocycles. The number of aromatic nitrogens is 1. The summed E-state index contributed by atoms with van der Waals surface area (Å²) < 4.78 is 0.154. The summed E-state index contributed by atoms with van der Waals surface area (Å²) in [5, 5.41) is 10.6. The van der Waals surface area contributed by atoms with Gasteiger partial charge in [0.25, 0.3) is 0 Å². The standard InChI is InChI=1S/C5H3BrClN3O2/c6-3-2(7)1-9-5(8)4(3)10(11)12/h1H,(H2,8,9). The molecule has 1 rings (SSSR count). The number of nitrogens with zero attached hydrogens (tertiary/aromatic N) is 2. The van der Waals surface area contributed by atoms with Crippen LogP contribution in [0, 0.1) is 10.1 Å². The molecule has 0 radical (unpaired) electrons. The van der Waals surface area contributed by atoms with Gasteiger partial charge in [0.15, 0.2) is 0 Å². The van der Waals surface area contributed by atoms with Crippen LogP contribution in [-0.4, -0.2) is 9.91 Å². The predicted octanol–water partition coefficient (Wildman–Crippen LogP) is 1.99. The molecule has 0 aromatic carbocycles. The normalized spacial score (nSPS) is 9.83. The van der Waals surface area contributed by atoms with Crippen molar-refractivity contribution in [3.8, 4) is 0 Å². The lowest BCUT2D eigenvalue weighted by molar-refractivity contribution is -0.384. The molecule has 0 atom stereocenters. The Hall–Kier alpha value is -0.880. The number of rotatable bonds is 1. The van der Waals surface area contributed by atoms with Crippen LogP contribution in [-0.2, 0) is 0 Å². The first-order chi connectivity index (χ1) is 5.54. The van der Waals surface area contributed by atoms with E-state index in [9.17, 15) is 10.1 Å². The van der Waals surface area contributed by atoms with E-state index in [4.69, 9.17) is 17.3 Å². The van der Waals surface area contributed by atoms with Gasteiger partial charge >= 0.3 is 5.69 Å². The first-order valence-electron chi connectivity index (χ1n) is 2.78. The third-order valence-electron chi connectivity index (χ3n) is 1.16. The van der Waals surface area contributed by atoms with Crippen LogP contribution in [0.1, 0.15) is 0 Å². The number of anilines is 1. The summed E-state index contributed by atoms with van der Waals surface area (Å²) in [6.07, 6.45) is 1.24. The van der Waals surface area contributed by atoms with Gasteiger partial charge in [0.2, 0.25) is 5.82 Å². The zero-order chi connectivity index (χ0) is 9.30. The summed E-state index contributed by atoms with van der Waals surface area (Å²) in [5.41, 5.74) is 4.95. The monoisotopic (exact) mass is 251 g/mol. The van der Waals surface area contributed by atoms with E-state index in [1.165, 1.54) is 6.20 Å². The van der Waals surface area contributed by atoms with Crippen LogP contribution in [0.4, 0.5) is 11.5 Å². The number of hydrogen-bond acceptors (Lipinski definition) is 4. The average molecular weight is 252 g/mol. The molecular weight excluding hydrogens is 249 g/mol. The molecule has 1 aromatic rings. The van der Waals surface area contributed by atoms with Gasteiger partial charge in [-0.1, -0.05) is 11.6 Å². The maximum absolute atomic E-state index is 10.4. The van der Waals surface area contributed by atoms with E-state index < -0.39 is 4.92 Å². The third-order valence-corrected chi connectivity index (χ3v) is 2.48. The van der Waals surface area contributed by atoms with E-state index in [1.807, 2.05) is 0 Å². The van der Waals surface area contributed by atoms with Crippen molar-refractivity contribution in [3.63, 3.8) is 0 Å². The third kappa shape index (κ3) is 1.49. The second-order valence-electron chi connectivity index (χ2n) is 1.91. The number of halogens is 2. The van der Waals surface area contributed by atoms with Gasteiger partial charge in [-0.05, 0) is 15.9 Å². The summed E-state index contributed by atoms with van der Waals surface area (Å²) in [4.78, 5) is 13.3. The smallest absolute Gasteiger partial charge is 0.326 e. The molecule has 2 N–H and O–H groups in total. The van der Waals surface area contributed by atoms with Crippen molar-refractivity contribution in [2.45, 2.75) is 0 Å². The van der Waals surface area contributed by atoms with Crippen molar-refractivity contribution in [1.29, 1.82) is 0 Å². The van der Waals surface area contributed by atoms with Crippen LogP contribution >= 0.6 is 27.5 Å². The molecule has 12 heavy (non-hydrogen) atoms. The maximum Gasteiger partial charge on any atom is 0.326 e. The highest BCUT2D eigenvalue weighted by atomic mass is 79.9. The number of pyridine rings is 1. The molecule has 0 aliphatic heterocycles. The molecule has 1 aromatic heterocycles. The lowest BCUT2D eigenvalue weighted by atomic mass is 10.4. The Labute approximate surface area is 80.8 Å². The summed E-state index contributed by atoms with van der Waals surface area (Å²) in [6, 6.07) is 0. The van der Waals surface area contributed by atoms with Crippen LogP contribution < -0.4 is 5.73 Å². The van der Waals surface area contributed by atoms with Crippen molar-refractivity contribution in [2.75, 3.05) is 5.73 Å². The Morgan fingerprint density at radius 1 is 1.75 bits per heavy atom. The summed E-state index contributed by atoms with van der Waals surface area (Å²) in [6.45, 7) is 0. The van der Waals surface area contributed by atoms with E-state index in [1.54, 1.807) is 0 Å². The van der Waals surface area contributed by atoms with Gasteiger partial charge in [0.1, 0.15) is 4.47 Å². The van der Waals surface area contributed by atoms with Gasteiger partial charge in [0.05, 0.1) is 9.95 Å². The second-order valence-corrected chi connectivity index (χ2v) is 3.11. The van der Waals surface area contributed by atoms with Gasteiger partial charge in [0, 0.05) is 6.20 Å². The highest BCUT2D eigenvalue weighted by molar-refractivity contribution is 9.10. The van der Waals surface area contributed by atoms with Gasteiger partial charge in [-0.15, -0.1) is 0 Å². The minimum absolute atomic E-state index is 0.154. The molecule has 0 bridgehead atoms. The molecule has 0 saturated heterocycles. The highest BCUT2D eigenvalue weighted by Gasteiger charge is 2.20. The Kier molecular flexibility index (Phi) is 2.49. The summed E-state index contributed by atoms with van der Waals surface area (Å²) in [7, 11) is 0. The van der Waals surface area contributed by atoms with Crippen LogP contribution in [0.15, 0.2) is 10.7 Å². The second kappa shape index (κ2) is 3.24. The van der Waals surface area contributed by atoms with Gasteiger partial charge in [-0.25, -0.2) is 4.98 Å². The maximum atomic E-state index is 10.4. The lowest BCUT2D eigenvalue weighted by Gasteiger charge is -1.99. The van der Waals surface area contributed by atoms with E-state index in [0.29, 0.717) is 0 Å². The van der Waals surface area contributed by atoms with Crippen molar-refractivity contribution in [3.05, 3.63) is 25.8 Å². The minimum Gasteiger partial charge on any atom is -0.378 e. The molecule has 64 valence electrons.